The van der Waals surface area contributed by atoms with E-state index in [2.05, 4.69) is 13.2 Å². The second-order valence-corrected chi connectivity index (χ2v) is 12.2. The molecule has 1 rings (SSSR count). The standard InChI is InChI=1S/C31H49O7P/c1-24(2)30(32)35-18-14-10-8-12-16-20-37-39(34,29-27(6)22-26(5)23-28(29)7)38-21-17-13-9-11-15-19-36-31(33)25(3)4/h22-23H,1,3,8-21H2,2,4-7H3. The average molecular weight is 565 g/mol. The lowest BCUT2D eigenvalue weighted by molar-refractivity contribution is -0.139. The van der Waals surface area contributed by atoms with Crippen molar-refractivity contribution >= 4 is 24.8 Å². The Labute approximate surface area is 235 Å². The van der Waals surface area contributed by atoms with Crippen molar-refractivity contribution in [3.8, 4) is 0 Å². The molecule has 39 heavy (non-hydrogen) atoms. The van der Waals surface area contributed by atoms with Gasteiger partial charge in [-0.2, -0.15) is 0 Å². The van der Waals surface area contributed by atoms with Crippen LogP contribution in [0.4, 0.5) is 0 Å². The monoisotopic (exact) mass is 564 g/mol. The van der Waals surface area contributed by atoms with Gasteiger partial charge < -0.3 is 18.5 Å². The van der Waals surface area contributed by atoms with Gasteiger partial charge >= 0.3 is 19.5 Å². The summed E-state index contributed by atoms with van der Waals surface area (Å²) in [4.78, 5) is 22.8. The first kappa shape index (κ1) is 34.8. The number of unbranched alkanes of at least 4 members (excludes halogenated alkanes) is 8. The molecule has 0 amide bonds. The zero-order valence-electron chi connectivity index (χ0n) is 24.8. The van der Waals surface area contributed by atoms with Crippen molar-refractivity contribution in [1.29, 1.82) is 0 Å². The normalized spacial score (nSPS) is 11.3. The van der Waals surface area contributed by atoms with Gasteiger partial charge in [-0.25, -0.2) is 9.59 Å². The highest BCUT2D eigenvalue weighted by Gasteiger charge is 2.31. The number of hydrogen-bond donors (Lipinski definition) is 0. The van der Waals surface area contributed by atoms with Gasteiger partial charge in [0.25, 0.3) is 0 Å². The molecule has 8 heteroatoms. The van der Waals surface area contributed by atoms with Crippen LogP contribution in [0.15, 0.2) is 36.4 Å². The van der Waals surface area contributed by atoms with E-state index >= 15 is 0 Å². The molecular weight excluding hydrogens is 515 g/mol. The molecule has 0 saturated carbocycles. The van der Waals surface area contributed by atoms with E-state index in [0.717, 1.165) is 80.9 Å². The van der Waals surface area contributed by atoms with Crippen LogP contribution >= 0.6 is 7.60 Å². The largest absolute Gasteiger partial charge is 0.462 e. The van der Waals surface area contributed by atoms with Crippen molar-refractivity contribution in [1.82, 2.24) is 0 Å². The summed E-state index contributed by atoms with van der Waals surface area (Å²) in [5.41, 5.74) is 3.78. The van der Waals surface area contributed by atoms with Crippen molar-refractivity contribution < 1.29 is 32.7 Å². The molecule has 220 valence electrons. The van der Waals surface area contributed by atoms with Crippen molar-refractivity contribution in [3.05, 3.63) is 53.1 Å². The van der Waals surface area contributed by atoms with E-state index in [1.165, 1.54) is 0 Å². The van der Waals surface area contributed by atoms with E-state index in [1.807, 2.05) is 32.9 Å². The second kappa shape index (κ2) is 19.0. The molecule has 0 aliphatic heterocycles. The highest BCUT2D eigenvalue weighted by atomic mass is 31.2. The minimum Gasteiger partial charge on any atom is -0.462 e. The Balaban J connectivity index is 2.47. The molecule has 1 aromatic carbocycles. The lowest BCUT2D eigenvalue weighted by Gasteiger charge is -2.23. The number of carbonyl (C=O) groups is 2. The molecule has 0 fully saturated rings. The highest BCUT2D eigenvalue weighted by Crippen LogP contribution is 2.49. The fraction of sp³-hybridized carbons (Fsp3) is 0.613. The summed E-state index contributed by atoms with van der Waals surface area (Å²) in [5, 5.41) is 0.673. The maximum absolute atomic E-state index is 14.0. The molecule has 7 nitrogen and oxygen atoms in total. The van der Waals surface area contributed by atoms with Gasteiger partial charge in [0.15, 0.2) is 0 Å². The minimum atomic E-state index is -3.47. The second-order valence-electron chi connectivity index (χ2n) is 10.3. The molecule has 0 bridgehead atoms. The van der Waals surface area contributed by atoms with Crippen LogP contribution in [0, 0.1) is 20.8 Å². The Bertz CT molecular complexity index is 928. The molecule has 0 N–H and O–H groups in total. The highest BCUT2D eigenvalue weighted by molar-refractivity contribution is 7.62. The number of esters is 2. The van der Waals surface area contributed by atoms with Gasteiger partial charge in [-0.3, -0.25) is 4.57 Å². The molecule has 0 aromatic heterocycles. The summed E-state index contributed by atoms with van der Waals surface area (Å²) in [6.45, 7) is 17.9. The molecule has 0 saturated heterocycles. The van der Waals surface area contributed by atoms with Crippen LogP contribution in [0.2, 0.25) is 0 Å². The van der Waals surface area contributed by atoms with Gasteiger partial charge in [-0.15, -0.1) is 0 Å². The van der Waals surface area contributed by atoms with Gasteiger partial charge in [-0.05, 0) is 71.4 Å². The summed E-state index contributed by atoms with van der Waals surface area (Å²) < 4.78 is 36.2. The van der Waals surface area contributed by atoms with Crippen LogP contribution in [0.25, 0.3) is 0 Å². The fourth-order valence-electron chi connectivity index (χ4n) is 4.19. The number of hydrogen-bond acceptors (Lipinski definition) is 7. The first-order valence-electron chi connectivity index (χ1n) is 14.1. The lowest BCUT2D eigenvalue weighted by atomic mass is 10.1. The smallest absolute Gasteiger partial charge is 0.361 e. The molecule has 0 aliphatic carbocycles. The number of ether oxygens (including phenoxy) is 2. The summed E-state index contributed by atoms with van der Waals surface area (Å²) in [6, 6.07) is 4.03. The van der Waals surface area contributed by atoms with Crippen molar-refractivity contribution in [2.45, 2.75) is 98.8 Å². The van der Waals surface area contributed by atoms with E-state index in [9.17, 15) is 14.2 Å². The third-order valence-corrected chi connectivity index (χ3v) is 8.47. The first-order valence-corrected chi connectivity index (χ1v) is 15.6. The van der Waals surface area contributed by atoms with E-state index < -0.39 is 7.60 Å². The Morgan fingerprint density at radius 2 is 0.974 bits per heavy atom. The average Bonchev–Trinajstić information content (AvgIpc) is 2.85. The predicted octanol–water partition coefficient (Wildman–Crippen LogP) is 7.60. The van der Waals surface area contributed by atoms with Crippen LogP contribution in [-0.2, 0) is 32.7 Å². The number of benzene rings is 1. The molecule has 0 aliphatic rings. The van der Waals surface area contributed by atoms with Gasteiger partial charge in [0.1, 0.15) is 0 Å². The zero-order chi connectivity index (χ0) is 29.3. The van der Waals surface area contributed by atoms with Crippen LogP contribution in [0.3, 0.4) is 0 Å². The van der Waals surface area contributed by atoms with Crippen molar-refractivity contribution in [2.75, 3.05) is 26.4 Å². The molecule has 0 heterocycles. The SMILES string of the molecule is C=C(C)C(=O)OCCCCCCCOP(=O)(OCCCCCCCOC(=O)C(=C)C)c1c(C)cc(C)cc1C. The molecule has 0 radical (unpaired) electrons. The van der Waals surface area contributed by atoms with E-state index in [1.54, 1.807) is 13.8 Å². The summed E-state index contributed by atoms with van der Waals surface area (Å²) in [6.07, 6.45) is 8.89. The summed E-state index contributed by atoms with van der Waals surface area (Å²) in [7, 11) is -3.47. The third kappa shape index (κ3) is 14.1. The Hall–Kier alpha value is -2.21. The van der Waals surface area contributed by atoms with Crippen LogP contribution < -0.4 is 5.30 Å². The first-order chi connectivity index (χ1) is 18.5. The summed E-state index contributed by atoms with van der Waals surface area (Å²) in [5.74, 6) is -0.690. The number of rotatable bonds is 21. The molecule has 0 atom stereocenters. The predicted molar refractivity (Wildman–Crippen MR) is 158 cm³/mol. The van der Waals surface area contributed by atoms with Crippen molar-refractivity contribution in [3.63, 3.8) is 0 Å². The van der Waals surface area contributed by atoms with Crippen LogP contribution in [-0.4, -0.2) is 38.4 Å². The topological polar surface area (TPSA) is 88.1 Å². The Morgan fingerprint density at radius 1 is 0.641 bits per heavy atom. The molecule has 0 unspecified atom stereocenters. The Kier molecular flexibility index (Phi) is 16.9. The van der Waals surface area contributed by atoms with E-state index in [0.29, 0.717) is 42.9 Å². The summed E-state index contributed by atoms with van der Waals surface area (Å²) >= 11 is 0. The van der Waals surface area contributed by atoms with Crippen LogP contribution in [0.5, 0.6) is 0 Å². The maximum atomic E-state index is 14.0. The van der Waals surface area contributed by atoms with Gasteiger partial charge in [-0.1, -0.05) is 69.4 Å². The van der Waals surface area contributed by atoms with E-state index in [4.69, 9.17) is 18.5 Å². The van der Waals surface area contributed by atoms with Crippen molar-refractivity contribution in [2.24, 2.45) is 0 Å². The van der Waals surface area contributed by atoms with Gasteiger partial charge in [0, 0.05) is 11.1 Å². The molecular formula is C31H49O7P. The third-order valence-electron chi connectivity index (χ3n) is 6.17. The minimum absolute atomic E-state index is 0.345. The quantitative estimate of drug-likeness (QED) is 0.0657. The maximum Gasteiger partial charge on any atom is 0.361 e. The van der Waals surface area contributed by atoms with Gasteiger partial charge in [0.2, 0.25) is 0 Å². The fourth-order valence-corrected chi connectivity index (χ4v) is 6.25. The van der Waals surface area contributed by atoms with Gasteiger partial charge in [0.05, 0.1) is 31.7 Å². The number of aryl methyl sites for hydroxylation is 3. The zero-order valence-corrected chi connectivity index (χ0v) is 25.7. The lowest BCUT2D eigenvalue weighted by Crippen LogP contribution is -2.18. The molecule has 1 aromatic rings. The Morgan fingerprint density at radius 3 is 1.33 bits per heavy atom. The van der Waals surface area contributed by atoms with E-state index in [-0.39, 0.29) is 11.9 Å². The molecule has 0 spiro atoms. The number of carbonyl (C=O) groups excluding carboxylic acids is 2. The van der Waals surface area contributed by atoms with Crippen LogP contribution in [0.1, 0.15) is 94.7 Å².